The summed E-state index contributed by atoms with van der Waals surface area (Å²) in [6, 6.07) is 7.29. The van der Waals surface area contributed by atoms with Crippen LogP contribution in [-0.4, -0.2) is 38.2 Å². The maximum absolute atomic E-state index is 13.3. The molecule has 26 heavy (non-hydrogen) atoms. The zero-order valence-electron chi connectivity index (χ0n) is 14.0. The first-order chi connectivity index (χ1) is 11.9. The molecule has 0 aliphatic carbocycles. The Morgan fingerprint density at radius 2 is 1.88 bits per heavy atom. The second-order valence-corrected chi connectivity index (χ2v) is 7.57. The molecule has 1 aliphatic heterocycles. The number of thiophene rings is 1. The maximum Gasteiger partial charge on any atom is 0.416 e. The van der Waals surface area contributed by atoms with Gasteiger partial charge in [-0.3, -0.25) is 4.90 Å². The standard InChI is InChI=1S/C17H18ClF3N2OS.ClH/c1-24-13-9-11(8-12(10-13)17(19,20)21)16(14-2-3-15(18)25-14)23-6-4-22-5-7-23;/h2-3,8-10,16,22H,4-7H2,1H3;1H/t16-;/m0./s1. The fraction of sp³-hybridized carbons (Fsp3) is 0.412. The number of benzene rings is 1. The predicted molar refractivity (Wildman–Crippen MR) is 101 cm³/mol. The van der Waals surface area contributed by atoms with Gasteiger partial charge in [-0.05, 0) is 35.9 Å². The van der Waals surface area contributed by atoms with Gasteiger partial charge in [0, 0.05) is 31.1 Å². The topological polar surface area (TPSA) is 24.5 Å². The molecule has 2 aromatic rings. The van der Waals surface area contributed by atoms with Crippen molar-refractivity contribution in [2.45, 2.75) is 12.2 Å². The number of rotatable bonds is 4. The van der Waals surface area contributed by atoms with E-state index in [4.69, 9.17) is 16.3 Å². The van der Waals surface area contributed by atoms with Gasteiger partial charge in [0.1, 0.15) is 5.75 Å². The fourth-order valence-electron chi connectivity index (χ4n) is 3.03. The van der Waals surface area contributed by atoms with Gasteiger partial charge >= 0.3 is 6.18 Å². The van der Waals surface area contributed by atoms with E-state index in [1.165, 1.54) is 24.5 Å². The SMILES string of the molecule is COc1cc([C@@H](c2ccc(Cl)s2)N2CCNCC2)cc(C(F)(F)F)c1.Cl. The molecule has 0 spiro atoms. The molecule has 1 aromatic carbocycles. The summed E-state index contributed by atoms with van der Waals surface area (Å²) in [5.41, 5.74) is -0.142. The molecule has 144 valence electrons. The normalized spacial score (nSPS) is 16.8. The third-order valence-electron chi connectivity index (χ3n) is 4.19. The minimum atomic E-state index is -4.43. The van der Waals surface area contributed by atoms with E-state index in [1.807, 2.05) is 6.07 Å². The zero-order valence-corrected chi connectivity index (χ0v) is 16.4. The van der Waals surface area contributed by atoms with Crippen molar-refractivity contribution in [3.63, 3.8) is 0 Å². The number of nitrogens with one attached hydrogen (secondary N) is 1. The molecule has 1 saturated heterocycles. The zero-order chi connectivity index (χ0) is 18.0. The van der Waals surface area contributed by atoms with Gasteiger partial charge in [-0.1, -0.05) is 11.6 Å². The lowest BCUT2D eigenvalue weighted by Crippen LogP contribution is -2.45. The van der Waals surface area contributed by atoms with Gasteiger partial charge in [0.05, 0.1) is 23.1 Å². The van der Waals surface area contributed by atoms with Crippen molar-refractivity contribution in [3.05, 3.63) is 50.7 Å². The molecule has 0 saturated carbocycles. The molecule has 3 nitrogen and oxygen atoms in total. The van der Waals surface area contributed by atoms with Crippen LogP contribution in [0.3, 0.4) is 0 Å². The molecule has 0 bridgehead atoms. The number of ether oxygens (including phenoxy) is 1. The highest BCUT2D eigenvalue weighted by Gasteiger charge is 2.33. The first-order valence-corrected chi connectivity index (χ1v) is 9.04. The van der Waals surface area contributed by atoms with Crippen LogP contribution in [0, 0.1) is 0 Å². The van der Waals surface area contributed by atoms with E-state index in [0.29, 0.717) is 9.90 Å². The molecule has 1 fully saturated rings. The summed E-state index contributed by atoms with van der Waals surface area (Å²) in [7, 11) is 1.38. The number of nitrogens with zero attached hydrogens (tertiary/aromatic N) is 1. The summed E-state index contributed by atoms with van der Waals surface area (Å²) in [5.74, 6) is 0.201. The molecule has 1 aromatic heterocycles. The minimum absolute atomic E-state index is 0. The number of methoxy groups -OCH3 is 1. The Morgan fingerprint density at radius 3 is 2.42 bits per heavy atom. The number of hydrogen-bond acceptors (Lipinski definition) is 4. The van der Waals surface area contributed by atoms with Crippen molar-refractivity contribution in [1.29, 1.82) is 0 Å². The average Bonchev–Trinajstić information content (AvgIpc) is 3.01. The monoisotopic (exact) mass is 426 g/mol. The molecule has 9 heteroatoms. The van der Waals surface area contributed by atoms with Gasteiger partial charge in [-0.15, -0.1) is 23.7 Å². The Morgan fingerprint density at radius 1 is 1.19 bits per heavy atom. The van der Waals surface area contributed by atoms with E-state index < -0.39 is 11.7 Å². The fourth-order valence-corrected chi connectivity index (χ4v) is 4.26. The summed E-state index contributed by atoms with van der Waals surface area (Å²) < 4.78 is 45.6. The second-order valence-electron chi connectivity index (χ2n) is 5.82. The number of halogens is 5. The van der Waals surface area contributed by atoms with Crippen LogP contribution in [0.2, 0.25) is 4.34 Å². The summed E-state index contributed by atoms with van der Waals surface area (Å²) in [4.78, 5) is 3.10. The largest absolute Gasteiger partial charge is 0.497 e. The molecule has 2 heterocycles. The lowest BCUT2D eigenvalue weighted by atomic mass is 9.99. The smallest absolute Gasteiger partial charge is 0.416 e. The summed E-state index contributed by atoms with van der Waals surface area (Å²) in [6.45, 7) is 3.09. The Bertz CT molecular complexity index is 733. The third-order valence-corrected chi connectivity index (χ3v) is 5.47. The van der Waals surface area contributed by atoms with Gasteiger partial charge in [0.2, 0.25) is 0 Å². The summed E-state index contributed by atoms with van der Waals surface area (Å²) in [5, 5.41) is 3.27. The average molecular weight is 427 g/mol. The summed E-state index contributed by atoms with van der Waals surface area (Å²) >= 11 is 7.47. The van der Waals surface area contributed by atoms with Crippen LogP contribution in [0.25, 0.3) is 0 Å². The third kappa shape index (κ3) is 4.84. The van der Waals surface area contributed by atoms with E-state index in [-0.39, 0.29) is 24.2 Å². The number of hydrogen-bond donors (Lipinski definition) is 1. The van der Waals surface area contributed by atoms with Gasteiger partial charge in [0.25, 0.3) is 0 Å². The Balaban J connectivity index is 0.00000243. The molecule has 1 aliphatic rings. The van der Waals surface area contributed by atoms with Crippen LogP contribution in [0.4, 0.5) is 13.2 Å². The van der Waals surface area contributed by atoms with Crippen LogP contribution in [-0.2, 0) is 6.18 Å². The molecule has 1 atom stereocenters. The second kappa shape index (κ2) is 8.80. The van der Waals surface area contributed by atoms with Gasteiger partial charge in [-0.25, -0.2) is 0 Å². The van der Waals surface area contributed by atoms with Crippen LogP contribution >= 0.6 is 35.3 Å². The molecular weight excluding hydrogens is 408 g/mol. The van der Waals surface area contributed by atoms with Crippen LogP contribution in [0.5, 0.6) is 5.75 Å². The highest BCUT2D eigenvalue weighted by Crippen LogP contribution is 2.40. The highest BCUT2D eigenvalue weighted by atomic mass is 35.5. The van der Waals surface area contributed by atoms with Crippen molar-refractivity contribution in [2.24, 2.45) is 0 Å². The summed E-state index contributed by atoms with van der Waals surface area (Å²) in [6.07, 6.45) is -4.43. The molecule has 0 amide bonds. The molecule has 3 rings (SSSR count). The lowest BCUT2D eigenvalue weighted by Gasteiger charge is -2.35. The van der Waals surface area contributed by atoms with Gasteiger partial charge < -0.3 is 10.1 Å². The Labute approximate surface area is 165 Å². The van der Waals surface area contributed by atoms with Crippen molar-refractivity contribution in [2.75, 3.05) is 33.3 Å². The van der Waals surface area contributed by atoms with Crippen molar-refractivity contribution in [3.8, 4) is 5.75 Å². The Hall–Kier alpha value is -0.990. The molecule has 1 N–H and O–H groups in total. The van der Waals surface area contributed by atoms with E-state index in [9.17, 15) is 13.2 Å². The Kier molecular flexibility index (Phi) is 7.21. The van der Waals surface area contributed by atoms with Crippen LogP contribution < -0.4 is 10.1 Å². The van der Waals surface area contributed by atoms with E-state index in [1.54, 1.807) is 12.1 Å². The number of alkyl halides is 3. The van der Waals surface area contributed by atoms with Crippen molar-refractivity contribution >= 4 is 35.3 Å². The number of piperazine rings is 1. The van der Waals surface area contributed by atoms with Gasteiger partial charge in [0.15, 0.2) is 0 Å². The minimum Gasteiger partial charge on any atom is -0.497 e. The van der Waals surface area contributed by atoms with Crippen molar-refractivity contribution < 1.29 is 17.9 Å². The van der Waals surface area contributed by atoms with Gasteiger partial charge in [-0.2, -0.15) is 13.2 Å². The van der Waals surface area contributed by atoms with E-state index in [2.05, 4.69) is 10.2 Å². The predicted octanol–water partition coefficient (Wildman–Crippen LogP) is 4.85. The van der Waals surface area contributed by atoms with Crippen LogP contribution in [0.1, 0.15) is 22.0 Å². The van der Waals surface area contributed by atoms with E-state index >= 15 is 0 Å². The van der Waals surface area contributed by atoms with E-state index in [0.717, 1.165) is 37.1 Å². The molecule has 0 unspecified atom stereocenters. The quantitative estimate of drug-likeness (QED) is 0.756. The molecular formula is C17H19Cl2F3N2OS. The molecule has 0 radical (unpaired) electrons. The van der Waals surface area contributed by atoms with Crippen molar-refractivity contribution in [1.82, 2.24) is 10.2 Å². The maximum atomic E-state index is 13.3. The highest BCUT2D eigenvalue weighted by molar-refractivity contribution is 7.16. The first-order valence-electron chi connectivity index (χ1n) is 7.84. The van der Waals surface area contributed by atoms with Crippen LogP contribution in [0.15, 0.2) is 30.3 Å². The first kappa shape index (κ1) is 21.3. The lowest BCUT2D eigenvalue weighted by molar-refractivity contribution is -0.137.